The Labute approximate surface area is 117 Å². The minimum Gasteiger partial charge on any atom is -0.496 e. The average Bonchev–Trinajstić information content (AvgIpc) is 2.76. The normalized spacial score (nSPS) is 10.3. The molecule has 2 rings (SSSR count). The summed E-state index contributed by atoms with van der Waals surface area (Å²) in [4.78, 5) is 12.2. The van der Waals surface area contributed by atoms with Gasteiger partial charge in [-0.15, -0.1) is 0 Å². The second-order valence-corrected chi connectivity index (χ2v) is 4.49. The van der Waals surface area contributed by atoms with Gasteiger partial charge in [0, 0.05) is 30.5 Å². The summed E-state index contributed by atoms with van der Waals surface area (Å²) in [6, 6.07) is 5.13. The van der Waals surface area contributed by atoms with Crippen LogP contribution < -0.4 is 15.8 Å². The van der Waals surface area contributed by atoms with Crippen molar-refractivity contribution in [3.8, 4) is 5.75 Å². The molecule has 0 spiro atoms. The highest BCUT2D eigenvalue weighted by Gasteiger charge is 2.16. The molecule has 0 unspecified atom stereocenters. The molecular formula is C14H18N4O2. The Kier molecular flexibility index (Phi) is 3.93. The van der Waals surface area contributed by atoms with Crippen LogP contribution in [0.5, 0.6) is 5.75 Å². The van der Waals surface area contributed by atoms with Crippen LogP contribution in [0, 0.1) is 6.92 Å². The fourth-order valence-electron chi connectivity index (χ4n) is 1.94. The third-order valence-corrected chi connectivity index (χ3v) is 3.28. The molecule has 1 heterocycles. The highest BCUT2D eigenvalue weighted by Crippen LogP contribution is 2.23. The number of benzene rings is 1. The quantitative estimate of drug-likeness (QED) is 0.822. The molecule has 0 fully saturated rings. The van der Waals surface area contributed by atoms with Gasteiger partial charge in [-0.25, -0.2) is 0 Å². The lowest BCUT2D eigenvalue weighted by molar-refractivity contribution is 0.0949. The van der Waals surface area contributed by atoms with Gasteiger partial charge >= 0.3 is 0 Å². The van der Waals surface area contributed by atoms with Gasteiger partial charge < -0.3 is 15.8 Å². The Hall–Kier alpha value is -2.50. The highest BCUT2D eigenvalue weighted by molar-refractivity contribution is 6.01. The highest BCUT2D eigenvalue weighted by atomic mass is 16.5. The predicted molar refractivity (Wildman–Crippen MR) is 76.5 cm³/mol. The number of aryl methyl sites for hydroxylation is 1. The van der Waals surface area contributed by atoms with Crippen molar-refractivity contribution >= 4 is 11.6 Å². The maximum Gasteiger partial charge on any atom is 0.257 e. The lowest BCUT2D eigenvalue weighted by Gasteiger charge is -2.11. The monoisotopic (exact) mass is 274 g/mol. The molecule has 0 aliphatic heterocycles. The zero-order chi connectivity index (χ0) is 14.7. The zero-order valence-electron chi connectivity index (χ0n) is 11.8. The van der Waals surface area contributed by atoms with Crippen LogP contribution in [-0.4, -0.2) is 22.8 Å². The van der Waals surface area contributed by atoms with E-state index in [1.807, 2.05) is 14.0 Å². The molecule has 0 radical (unpaired) electrons. The van der Waals surface area contributed by atoms with E-state index >= 15 is 0 Å². The number of nitrogens with one attached hydrogen (secondary N) is 1. The van der Waals surface area contributed by atoms with Crippen LogP contribution in [-0.2, 0) is 13.6 Å². The number of rotatable bonds is 4. The Bertz CT molecular complexity index is 634. The molecule has 1 aromatic heterocycles. The Morgan fingerprint density at radius 2 is 2.25 bits per heavy atom. The van der Waals surface area contributed by atoms with Crippen LogP contribution in [0.3, 0.4) is 0 Å². The van der Waals surface area contributed by atoms with Gasteiger partial charge in [-0.2, -0.15) is 5.10 Å². The van der Waals surface area contributed by atoms with Crippen LogP contribution in [0.25, 0.3) is 0 Å². The topological polar surface area (TPSA) is 82.2 Å². The van der Waals surface area contributed by atoms with Crippen LogP contribution in [0.1, 0.15) is 21.6 Å². The largest absolute Gasteiger partial charge is 0.496 e. The summed E-state index contributed by atoms with van der Waals surface area (Å²) >= 11 is 0. The minimum absolute atomic E-state index is 0.261. The number of carbonyl (C=O) groups is 1. The number of nitrogens with zero attached hydrogens (tertiary/aromatic N) is 2. The van der Waals surface area contributed by atoms with E-state index in [0.29, 0.717) is 23.5 Å². The van der Waals surface area contributed by atoms with E-state index in [4.69, 9.17) is 10.5 Å². The number of methoxy groups -OCH3 is 1. The molecule has 20 heavy (non-hydrogen) atoms. The average molecular weight is 274 g/mol. The van der Waals surface area contributed by atoms with Gasteiger partial charge in [0.15, 0.2) is 0 Å². The van der Waals surface area contributed by atoms with Crippen molar-refractivity contribution in [1.82, 2.24) is 15.1 Å². The number of anilines is 1. The van der Waals surface area contributed by atoms with E-state index in [1.54, 1.807) is 29.1 Å². The fourth-order valence-corrected chi connectivity index (χ4v) is 1.94. The maximum atomic E-state index is 12.2. The van der Waals surface area contributed by atoms with Gasteiger partial charge in [0.1, 0.15) is 11.3 Å². The summed E-state index contributed by atoms with van der Waals surface area (Å²) in [5.41, 5.74) is 8.57. The number of hydrogen-bond acceptors (Lipinski definition) is 4. The van der Waals surface area contributed by atoms with E-state index in [0.717, 1.165) is 11.3 Å². The maximum absolute atomic E-state index is 12.2. The minimum atomic E-state index is -0.261. The first-order valence-corrected chi connectivity index (χ1v) is 6.22. The molecule has 1 aromatic carbocycles. The van der Waals surface area contributed by atoms with Crippen molar-refractivity contribution < 1.29 is 9.53 Å². The first-order chi connectivity index (χ1) is 9.54. The van der Waals surface area contributed by atoms with Crippen molar-refractivity contribution in [2.45, 2.75) is 13.5 Å². The van der Waals surface area contributed by atoms with E-state index in [-0.39, 0.29) is 5.91 Å². The first kappa shape index (κ1) is 13.9. The predicted octanol–water partition coefficient (Wildman–Crippen LogP) is 1.25. The lowest BCUT2D eigenvalue weighted by atomic mass is 10.1. The summed E-state index contributed by atoms with van der Waals surface area (Å²) in [6.07, 6.45) is 1.74. The molecule has 0 aliphatic rings. The lowest BCUT2D eigenvalue weighted by Crippen LogP contribution is -2.24. The van der Waals surface area contributed by atoms with E-state index in [1.165, 1.54) is 7.11 Å². The third-order valence-electron chi connectivity index (χ3n) is 3.28. The zero-order valence-corrected chi connectivity index (χ0v) is 11.8. The summed E-state index contributed by atoms with van der Waals surface area (Å²) in [5, 5.41) is 6.97. The molecule has 3 N–H and O–H groups in total. The molecule has 0 saturated heterocycles. The van der Waals surface area contributed by atoms with Gasteiger partial charge in [-0.05, 0) is 19.1 Å². The molecule has 6 nitrogen and oxygen atoms in total. The molecule has 6 heteroatoms. The molecule has 0 bridgehead atoms. The number of nitrogen functional groups attached to an aromatic ring is 1. The van der Waals surface area contributed by atoms with E-state index in [2.05, 4.69) is 10.4 Å². The number of aromatic nitrogens is 2. The Morgan fingerprint density at radius 1 is 1.50 bits per heavy atom. The number of nitrogens with two attached hydrogens (primary N) is 1. The van der Waals surface area contributed by atoms with Crippen LogP contribution in [0.4, 0.5) is 5.69 Å². The van der Waals surface area contributed by atoms with Crippen molar-refractivity contribution in [1.29, 1.82) is 0 Å². The SMILES string of the molecule is COc1cccc(N)c1C(=O)NCc1cnn(C)c1C. The molecule has 2 aromatic rings. The van der Waals surface area contributed by atoms with Crippen molar-refractivity contribution in [3.63, 3.8) is 0 Å². The first-order valence-electron chi connectivity index (χ1n) is 6.22. The Morgan fingerprint density at radius 3 is 2.85 bits per heavy atom. The fraction of sp³-hybridized carbons (Fsp3) is 0.286. The molecule has 106 valence electrons. The molecule has 0 saturated carbocycles. The molecular weight excluding hydrogens is 256 g/mol. The smallest absolute Gasteiger partial charge is 0.257 e. The number of hydrogen-bond donors (Lipinski definition) is 2. The number of carbonyl (C=O) groups excluding carboxylic acids is 1. The van der Waals surface area contributed by atoms with Crippen molar-refractivity contribution in [2.75, 3.05) is 12.8 Å². The molecule has 0 atom stereocenters. The van der Waals surface area contributed by atoms with E-state index in [9.17, 15) is 4.79 Å². The van der Waals surface area contributed by atoms with Gasteiger partial charge in [-0.3, -0.25) is 9.48 Å². The third kappa shape index (κ3) is 2.59. The van der Waals surface area contributed by atoms with Crippen LogP contribution >= 0.6 is 0 Å². The van der Waals surface area contributed by atoms with Crippen LogP contribution in [0.15, 0.2) is 24.4 Å². The van der Waals surface area contributed by atoms with Crippen LogP contribution in [0.2, 0.25) is 0 Å². The summed E-state index contributed by atoms with van der Waals surface area (Å²) < 4.78 is 6.93. The van der Waals surface area contributed by atoms with Crippen molar-refractivity contribution in [3.05, 3.63) is 41.2 Å². The second kappa shape index (κ2) is 5.64. The summed E-state index contributed by atoms with van der Waals surface area (Å²) in [7, 11) is 3.37. The van der Waals surface area contributed by atoms with Gasteiger partial charge in [0.2, 0.25) is 0 Å². The van der Waals surface area contributed by atoms with Gasteiger partial charge in [-0.1, -0.05) is 6.07 Å². The van der Waals surface area contributed by atoms with Crippen molar-refractivity contribution in [2.24, 2.45) is 7.05 Å². The molecule has 0 aliphatic carbocycles. The summed E-state index contributed by atoms with van der Waals surface area (Å²) in [5.74, 6) is 0.202. The number of amides is 1. The number of ether oxygens (including phenoxy) is 1. The Balaban J connectivity index is 2.15. The van der Waals surface area contributed by atoms with Gasteiger partial charge in [0.05, 0.1) is 13.3 Å². The van der Waals surface area contributed by atoms with E-state index < -0.39 is 0 Å². The van der Waals surface area contributed by atoms with Gasteiger partial charge in [0.25, 0.3) is 5.91 Å². The summed E-state index contributed by atoms with van der Waals surface area (Å²) in [6.45, 7) is 2.35. The molecule has 1 amide bonds. The standard InChI is InChI=1S/C14H18N4O2/c1-9-10(8-17-18(9)2)7-16-14(19)13-11(15)5-4-6-12(13)20-3/h4-6,8H,7,15H2,1-3H3,(H,16,19). The second-order valence-electron chi connectivity index (χ2n) is 4.49.